The maximum Gasteiger partial charge on any atom is 0.238 e. The third kappa shape index (κ3) is 4.39. The molecule has 1 amide bonds. The van der Waals surface area contributed by atoms with Gasteiger partial charge in [0.2, 0.25) is 5.91 Å². The number of imidazole rings is 1. The molecule has 7 heteroatoms. The maximum atomic E-state index is 12.8. The van der Waals surface area contributed by atoms with E-state index in [2.05, 4.69) is 28.8 Å². The second-order valence-electron chi connectivity index (χ2n) is 7.73. The first-order chi connectivity index (χ1) is 12.9. The molecule has 148 valence electrons. The van der Waals surface area contributed by atoms with Gasteiger partial charge in [0.1, 0.15) is 5.82 Å². The zero-order valence-corrected chi connectivity index (χ0v) is 17.8. The van der Waals surface area contributed by atoms with Crippen LogP contribution in [0.2, 0.25) is 0 Å². The predicted octanol–water partition coefficient (Wildman–Crippen LogP) is 4.90. The SMILES string of the molecule is Cc1nc(SC(C)C(=O)Nc2ccnn2C(C)C)n(C2CCCCC2)c1C. The molecule has 0 spiro atoms. The number of hydrogen-bond donors (Lipinski definition) is 1. The number of anilines is 1. The highest BCUT2D eigenvalue weighted by atomic mass is 32.2. The van der Waals surface area contributed by atoms with Crippen molar-refractivity contribution in [3.8, 4) is 0 Å². The Morgan fingerprint density at radius 3 is 2.59 bits per heavy atom. The minimum atomic E-state index is -0.232. The molecule has 1 aliphatic carbocycles. The van der Waals surface area contributed by atoms with E-state index in [1.54, 1.807) is 18.0 Å². The Kier molecular flexibility index (Phi) is 6.29. The van der Waals surface area contributed by atoms with Gasteiger partial charge in [-0.1, -0.05) is 31.0 Å². The molecule has 1 atom stereocenters. The summed E-state index contributed by atoms with van der Waals surface area (Å²) >= 11 is 1.55. The van der Waals surface area contributed by atoms with Crippen LogP contribution in [0.25, 0.3) is 0 Å². The highest BCUT2D eigenvalue weighted by Crippen LogP contribution is 2.35. The van der Waals surface area contributed by atoms with Gasteiger partial charge in [-0.2, -0.15) is 5.10 Å². The summed E-state index contributed by atoms with van der Waals surface area (Å²) in [6.45, 7) is 10.2. The summed E-state index contributed by atoms with van der Waals surface area (Å²) in [5.74, 6) is 0.723. The van der Waals surface area contributed by atoms with Gasteiger partial charge in [0, 0.05) is 23.8 Å². The average molecular weight is 390 g/mol. The number of carbonyl (C=O) groups excluding carboxylic acids is 1. The van der Waals surface area contributed by atoms with Gasteiger partial charge in [-0.15, -0.1) is 0 Å². The van der Waals surface area contributed by atoms with E-state index in [0.717, 1.165) is 16.7 Å². The molecule has 6 nitrogen and oxygen atoms in total. The van der Waals surface area contributed by atoms with Crippen LogP contribution in [0.4, 0.5) is 5.82 Å². The molecule has 1 unspecified atom stereocenters. The van der Waals surface area contributed by atoms with E-state index in [1.807, 2.05) is 31.5 Å². The van der Waals surface area contributed by atoms with Gasteiger partial charge in [-0.25, -0.2) is 9.67 Å². The van der Waals surface area contributed by atoms with Gasteiger partial charge in [-0.3, -0.25) is 4.79 Å². The molecular weight excluding hydrogens is 358 g/mol. The van der Waals surface area contributed by atoms with Crippen molar-refractivity contribution < 1.29 is 4.79 Å². The Morgan fingerprint density at radius 1 is 1.22 bits per heavy atom. The maximum absolute atomic E-state index is 12.8. The summed E-state index contributed by atoms with van der Waals surface area (Å²) in [7, 11) is 0. The Morgan fingerprint density at radius 2 is 1.93 bits per heavy atom. The number of nitrogens with zero attached hydrogens (tertiary/aromatic N) is 4. The molecule has 0 bridgehead atoms. The van der Waals surface area contributed by atoms with Crippen molar-refractivity contribution in [1.82, 2.24) is 19.3 Å². The number of carbonyl (C=O) groups is 1. The molecule has 1 aliphatic rings. The van der Waals surface area contributed by atoms with Gasteiger partial charge >= 0.3 is 0 Å². The molecule has 3 rings (SSSR count). The quantitative estimate of drug-likeness (QED) is 0.714. The van der Waals surface area contributed by atoms with Crippen LogP contribution in [-0.4, -0.2) is 30.5 Å². The lowest BCUT2D eigenvalue weighted by molar-refractivity contribution is -0.115. The van der Waals surface area contributed by atoms with Crippen molar-refractivity contribution in [1.29, 1.82) is 0 Å². The third-order valence-corrected chi connectivity index (χ3v) is 6.42. The number of aromatic nitrogens is 4. The van der Waals surface area contributed by atoms with E-state index in [9.17, 15) is 4.79 Å². The fourth-order valence-corrected chi connectivity index (χ4v) is 4.78. The topological polar surface area (TPSA) is 64.7 Å². The lowest BCUT2D eigenvalue weighted by atomic mass is 9.95. The average Bonchev–Trinajstić information content (AvgIpc) is 3.20. The summed E-state index contributed by atoms with van der Waals surface area (Å²) in [5, 5.41) is 8.03. The van der Waals surface area contributed by atoms with Crippen molar-refractivity contribution >= 4 is 23.5 Å². The minimum Gasteiger partial charge on any atom is -0.320 e. The van der Waals surface area contributed by atoms with Crippen molar-refractivity contribution in [2.45, 2.75) is 89.2 Å². The van der Waals surface area contributed by atoms with Crippen LogP contribution < -0.4 is 5.32 Å². The number of rotatable bonds is 6. The number of hydrogen-bond acceptors (Lipinski definition) is 4. The largest absolute Gasteiger partial charge is 0.320 e. The van der Waals surface area contributed by atoms with E-state index < -0.39 is 0 Å². The molecule has 27 heavy (non-hydrogen) atoms. The fourth-order valence-electron chi connectivity index (χ4n) is 3.71. The molecule has 0 saturated heterocycles. The molecule has 1 fully saturated rings. The fraction of sp³-hybridized carbons (Fsp3) is 0.650. The molecule has 2 aromatic rings. The monoisotopic (exact) mass is 389 g/mol. The minimum absolute atomic E-state index is 0.0177. The van der Waals surface area contributed by atoms with Gasteiger partial charge in [0.05, 0.1) is 17.1 Å². The highest BCUT2D eigenvalue weighted by Gasteiger charge is 2.25. The van der Waals surface area contributed by atoms with Crippen LogP contribution in [0, 0.1) is 13.8 Å². The zero-order valence-electron chi connectivity index (χ0n) is 17.0. The van der Waals surface area contributed by atoms with Crippen LogP contribution in [0.15, 0.2) is 17.4 Å². The van der Waals surface area contributed by atoms with Crippen LogP contribution >= 0.6 is 11.8 Å². The summed E-state index contributed by atoms with van der Waals surface area (Å²) in [6.07, 6.45) is 8.02. The van der Waals surface area contributed by atoms with Gasteiger partial charge in [0.25, 0.3) is 0 Å². The Hall–Kier alpha value is -1.76. The predicted molar refractivity (Wildman–Crippen MR) is 110 cm³/mol. The molecule has 0 aliphatic heterocycles. The van der Waals surface area contributed by atoms with Crippen LogP contribution in [0.5, 0.6) is 0 Å². The van der Waals surface area contributed by atoms with Gasteiger partial charge in [-0.05, 0) is 47.5 Å². The van der Waals surface area contributed by atoms with Gasteiger partial charge < -0.3 is 9.88 Å². The number of amides is 1. The highest BCUT2D eigenvalue weighted by molar-refractivity contribution is 8.00. The standard InChI is InChI=1S/C20H31N5OS/c1-13(2)25-18(11-12-21-25)23-19(26)16(5)27-20-22-14(3)15(4)24(20)17-9-7-6-8-10-17/h11-13,16-17H,6-10H2,1-5H3,(H,23,26). The van der Waals surface area contributed by atoms with Crippen LogP contribution in [-0.2, 0) is 4.79 Å². The van der Waals surface area contributed by atoms with Crippen LogP contribution in [0.3, 0.4) is 0 Å². The number of thioether (sulfide) groups is 1. The summed E-state index contributed by atoms with van der Waals surface area (Å²) in [4.78, 5) is 17.5. The van der Waals surface area contributed by atoms with Gasteiger partial charge in [0.15, 0.2) is 5.16 Å². The Balaban J connectivity index is 1.73. The molecule has 1 N–H and O–H groups in total. The van der Waals surface area contributed by atoms with E-state index >= 15 is 0 Å². The Bertz CT molecular complexity index is 788. The summed E-state index contributed by atoms with van der Waals surface area (Å²) in [5.41, 5.74) is 2.29. The normalized spacial score (nSPS) is 16.7. The first kappa shape index (κ1) is 20.0. The lowest BCUT2D eigenvalue weighted by Gasteiger charge is -2.26. The van der Waals surface area contributed by atoms with E-state index in [4.69, 9.17) is 4.98 Å². The van der Waals surface area contributed by atoms with E-state index in [0.29, 0.717) is 6.04 Å². The smallest absolute Gasteiger partial charge is 0.238 e. The van der Waals surface area contributed by atoms with E-state index in [1.165, 1.54) is 37.8 Å². The van der Waals surface area contributed by atoms with E-state index in [-0.39, 0.29) is 17.2 Å². The molecular formula is C20H31N5OS. The molecule has 2 aromatic heterocycles. The second-order valence-corrected chi connectivity index (χ2v) is 9.04. The van der Waals surface area contributed by atoms with Crippen molar-refractivity contribution in [2.75, 3.05) is 5.32 Å². The number of aryl methyl sites for hydroxylation is 1. The molecule has 0 radical (unpaired) electrons. The number of nitrogens with one attached hydrogen (secondary N) is 1. The summed E-state index contributed by atoms with van der Waals surface area (Å²) < 4.78 is 4.20. The van der Waals surface area contributed by atoms with Crippen molar-refractivity contribution in [2.24, 2.45) is 0 Å². The lowest BCUT2D eigenvalue weighted by Crippen LogP contribution is -2.25. The van der Waals surface area contributed by atoms with Crippen LogP contribution in [0.1, 0.15) is 76.3 Å². The molecule has 2 heterocycles. The first-order valence-electron chi connectivity index (χ1n) is 9.95. The summed E-state index contributed by atoms with van der Waals surface area (Å²) in [6, 6.07) is 2.56. The zero-order chi connectivity index (χ0) is 19.6. The molecule has 1 saturated carbocycles. The first-order valence-corrected chi connectivity index (χ1v) is 10.8. The second kappa shape index (κ2) is 8.50. The third-order valence-electron chi connectivity index (χ3n) is 5.36. The Labute approximate surface area is 166 Å². The van der Waals surface area contributed by atoms with Crippen molar-refractivity contribution in [3.05, 3.63) is 23.7 Å². The molecule has 0 aromatic carbocycles. The van der Waals surface area contributed by atoms with Crippen molar-refractivity contribution in [3.63, 3.8) is 0 Å².